The van der Waals surface area contributed by atoms with Crippen molar-refractivity contribution in [3.63, 3.8) is 0 Å². The smallest absolute Gasteiger partial charge is 0.303 e. The molecular formula is C17H30N2O3. The van der Waals surface area contributed by atoms with Gasteiger partial charge in [-0.3, -0.25) is 14.5 Å². The van der Waals surface area contributed by atoms with Gasteiger partial charge in [-0.15, -0.1) is 0 Å². The molecule has 1 atom stereocenters. The molecule has 1 aliphatic heterocycles. The van der Waals surface area contributed by atoms with Gasteiger partial charge < -0.3 is 10.0 Å². The minimum absolute atomic E-state index is 0.226. The fourth-order valence-electron chi connectivity index (χ4n) is 3.81. The zero-order valence-corrected chi connectivity index (χ0v) is 13.8. The number of carboxylic acid groups (broad SMARTS) is 1. The molecule has 0 aromatic carbocycles. The summed E-state index contributed by atoms with van der Waals surface area (Å²) in [5, 5.41) is 8.91. The number of hydrogen-bond donors (Lipinski definition) is 1. The number of likely N-dealkylation sites (N-methyl/N-ethyl adjacent to an activating group) is 1. The molecule has 1 amide bonds. The Morgan fingerprint density at radius 1 is 1.05 bits per heavy atom. The molecule has 0 unspecified atom stereocenters. The summed E-state index contributed by atoms with van der Waals surface area (Å²) in [4.78, 5) is 27.5. The maximum Gasteiger partial charge on any atom is 0.303 e. The fourth-order valence-corrected chi connectivity index (χ4v) is 3.81. The molecule has 2 aliphatic rings. The molecular weight excluding hydrogens is 280 g/mol. The molecule has 22 heavy (non-hydrogen) atoms. The molecule has 0 spiro atoms. The number of likely N-dealkylation sites (tertiary alicyclic amines) is 1. The first kappa shape index (κ1) is 17.3. The molecule has 2 fully saturated rings. The zero-order chi connectivity index (χ0) is 15.9. The highest BCUT2D eigenvalue weighted by Crippen LogP contribution is 2.23. The Hall–Kier alpha value is -1.10. The van der Waals surface area contributed by atoms with Crippen LogP contribution in [0.5, 0.6) is 0 Å². The summed E-state index contributed by atoms with van der Waals surface area (Å²) in [5.74, 6) is -0.205. The van der Waals surface area contributed by atoms with Crippen molar-refractivity contribution in [1.29, 1.82) is 0 Å². The second-order valence-electron chi connectivity index (χ2n) is 6.97. The van der Waals surface area contributed by atoms with Crippen LogP contribution in [-0.2, 0) is 9.59 Å². The molecule has 1 saturated heterocycles. The summed E-state index contributed by atoms with van der Waals surface area (Å²) in [6.07, 6.45) is 9.19. The number of carbonyl (C=O) groups excluding carboxylic acids is 1. The Kier molecular flexibility index (Phi) is 6.68. The van der Waals surface area contributed by atoms with Crippen molar-refractivity contribution in [2.75, 3.05) is 26.7 Å². The Morgan fingerprint density at radius 3 is 2.45 bits per heavy atom. The van der Waals surface area contributed by atoms with Gasteiger partial charge in [-0.05, 0) is 51.1 Å². The summed E-state index contributed by atoms with van der Waals surface area (Å²) in [6, 6.07) is 0.424. The van der Waals surface area contributed by atoms with Crippen molar-refractivity contribution in [3.05, 3.63) is 0 Å². The molecule has 1 aliphatic carbocycles. The SMILES string of the molecule is CN(C(=O)CN1CCC[C@@H](CC(=O)O)CC1)C1CCCCC1. The third-order valence-corrected chi connectivity index (χ3v) is 5.28. The lowest BCUT2D eigenvalue weighted by Gasteiger charge is -2.33. The van der Waals surface area contributed by atoms with Crippen molar-refractivity contribution in [3.8, 4) is 0 Å². The van der Waals surface area contributed by atoms with Crippen molar-refractivity contribution in [2.45, 2.75) is 63.8 Å². The van der Waals surface area contributed by atoms with E-state index in [2.05, 4.69) is 4.90 Å². The van der Waals surface area contributed by atoms with E-state index in [1.165, 1.54) is 19.3 Å². The molecule has 0 aromatic heterocycles. The molecule has 5 heteroatoms. The van der Waals surface area contributed by atoms with Gasteiger partial charge in [0.2, 0.25) is 5.91 Å². The zero-order valence-electron chi connectivity index (χ0n) is 13.8. The molecule has 0 bridgehead atoms. The molecule has 1 saturated carbocycles. The first-order valence-corrected chi connectivity index (χ1v) is 8.76. The lowest BCUT2D eigenvalue weighted by Crippen LogP contribution is -2.44. The number of carboxylic acids is 1. The number of rotatable bonds is 5. The van der Waals surface area contributed by atoms with Crippen molar-refractivity contribution in [2.24, 2.45) is 5.92 Å². The van der Waals surface area contributed by atoms with Crippen LogP contribution in [0.1, 0.15) is 57.8 Å². The number of carbonyl (C=O) groups is 2. The highest BCUT2D eigenvalue weighted by molar-refractivity contribution is 5.78. The minimum Gasteiger partial charge on any atom is -0.481 e. The number of hydrogen-bond acceptors (Lipinski definition) is 3. The molecule has 0 radical (unpaired) electrons. The van der Waals surface area contributed by atoms with Gasteiger partial charge in [-0.25, -0.2) is 0 Å². The second kappa shape index (κ2) is 8.51. The van der Waals surface area contributed by atoms with Gasteiger partial charge in [0.05, 0.1) is 6.54 Å². The average molecular weight is 310 g/mol. The normalized spacial score (nSPS) is 24.7. The summed E-state index contributed by atoms with van der Waals surface area (Å²) in [5.41, 5.74) is 0. The van der Waals surface area contributed by atoms with Crippen LogP contribution in [0, 0.1) is 5.92 Å². The van der Waals surface area contributed by atoms with Crippen LogP contribution in [0.4, 0.5) is 0 Å². The number of nitrogens with zero attached hydrogens (tertiary/aromatic N) is 2. The summed E-state index contributed by atoms with van der Waals surface area (Å²) < 4.78 is 0. The van der Waals surface area contributed by atoms with Gasteiger partial charge in [0, 0.05) is 19.5 Å². The standard InChI is InChI=1S/C17H30N2O3/c1-18(15-7-3-2-4-8-15)16(20)13-19-10-5-6-14(9-11-19)12-17(21)22/h14-15H,2-13H2,1H3,(H,21,22)/t14-/m1/s1. The third kappa shape index (κ3) is 5.27. The van der Waals surface area contributed by atoms with Crippen molar-refractivity contribution >= 4 is 11.9 Å². The Balaban J connectivity index is 1.77. The van der Waals surface area contributed by atoms with Gasteiger partial charge in [-0.1, -0.05) is 19.3 Å². The van der Waals surface area contributed by atoms with Gasteiger partial charge in [0.25, 0.3) is 0 Å². The van der Waals surface area contributed by atoms with E-state index in [-0.39, 0.29) is 18.2 Å². The van der Waals surface area contributed by atoms with Crippen LogP contribution in [-0.4, -0.2) is 59.5 Å². The average Bonchev–Trinajstić information content (AvgIpc) is 2.72. The maximum absolute atomic E-state index is 12.5. The molecule has 2 rings (SSSR count). The topological polar surface area (TPSA) is 60.9 Å². The molecule has 1 heterocycles. The van der Waals surface area contributed by atoms with Crippen LogP contribution < -0.4 is 0 Å². The van der Waals surface area contributed by atoms with Crippen molar-refractivity contribution in [1.82, 2.24) is 9.80 Å². The minimum atomic E-state index is -0.702. The van der Waals surface area contributed by atoms with E-state index in [1.807, 2.05) is 11.9 Å². The Bertz CT molecular complexity index is 380. The van der Waals surface area contributed by atoms with E-state index in [0.717, 1.165) is 45.2 Å². The fraction of sp³-hybridized carbons (Fsp3) is 0.882. The Labute approximate surface area is 133 Å². The van der Waals surface area contributed by atoms with E-state index in [0.29, 0.717) is 12.6 Å². The molecule has 5 nitrogen and oxygen atoms in total. The van der Waals surface area contributed by atoms with E-state index < -0.39 is 5.97 Å². The van der Waals surface area contributed by atoms with Crippen LogP contribution in [0.2, 0.25) is 0 Å². The predicted molar refractivity (Wildman–Crippen MR) is 85.7 cm³/mol. The van der Waals surface area contributed by atoms with E-state index >= 15 is 0 Å². The van der Waals surface area contributed by atoms with E-state index in [4.69, 9.17) is 5.11 Å². The van der Waals surface area contributed by atoms with Gasteiger partial charge >= 0.3 is 5.97 Å². The summed E-state index contributed by atoms with van der Waals surface area (Å²) in [7, 11) is 1.95. The van der Waals surface area contributed by atoms with E-state index in [1.54, 1.807) is 0 Å². The lowest BCUT2D eigenvalue weighted by atomic mass is 9.94. The van der Waals surface area contributed by atoms with E-state index in [9.17, 15) is 9.59 Å². The van der Waals surface area contributed by atoms with Crippen LogP contribution >= 0.6 is 0 Å². The first-order valence-electron chi connectivity index (χ1n) is 8.76. The monoisotopic (exact) mass is 310 g/mol. The maximum atomic E-state index is 12.5. The van der Waals surface area contributed by atoms with Gasteiger partial charge in [0.15, 0.2) is 0 Å². The molecule has 126 valence electrons. The summed E-state index contributed by atoms with van der Waals surface area (Å²) in [6.45, 7) is 2.26. The predicted octanol–water partition coefficient (Wildman–Crippen LogP) is 2.35. The highest BCUT2D eigenvalue weighted by Gasteiger charge is 2.25. The number of aliphatic carboxylic acids is 1. The van der Waals surface area contributed by atoms with Crippen LogP contribution in [0.25, 0.3) is 0 Å². The third-order valence-electron chi connectivity index (χ3n) is 5.28. The van der Waals surface area contributed by atoms with Gasteiger partial charge in [0.1, 0.15) is 0 Å². The van der Waals surface area contributed by atoms with Crippen LogP contribution in [0.15, 0.2) is 0 Å². The second-order valence-corrected chi connectivity index (χ2v) is 6.97. The molecule has 0 aromatic rings. The Morgan fingerprint density at radius 2 is 1.77 bits per heavy atom. The van der Waals surface area contributed by atoms with Gasteiger partial charge in [-0.2, -0.15) is 0 Å². The quantitative estimate of drug-likeness (QED) is 0.847. The molecule has 1 N–H and O–H groups in total. The first-order chi connectivity index (χ1) is 10.6. The lowest BCUT2D eigenvalue weighted by molar-refractivity contribution is -0.138. The highest BCUT2D eigenvalue weighted by atomic mass is 16.4. The number of amides is 1. The summed E-state index contributed by atoms with van der Waals surface area (Å²) >= 11 is 0. The largest absolute Gasteiger partial charge is 0.481 e. The van der Waals surface area contributed by atoms with Crippen molar-refractivity contribution < 1.29 is 14.7 Å². The van der Waals surface area contributed by atoms with Crippen LogP contribution in [0.3, 0.4) is 0 Å².